The lowest BCUT2D eigenvalue weighted by Gasteiger charge is -2.14. The molecule has 0 radical (unpaired) electrons. The average molecular weight is 383 g/mol. The number of halogens is 2. The van der Waals surface area contributed by atoms with Crippen molar-refractivity contribution in [3.8, 4) is 0 Å². The standard InChI is InChI=1S/C15H12BrFN2O4/c1-7-5-10(15(22)23)12(19(2)14(7)21)18-13(20)9-4-3-8(16)6-11(9)17/h3-6H,1-2H3,(H,18,20)(H,22,23). The highest BCUT2D eigenvalue weighted by atomic mass is 79.9. The van der Waals surface area contributed by atoms with Crippen molar-refractivity contribution >= 4 is 33.6 Å². The normalized spacial score (nSPS) is 10.4. The van der Waals surface area contributed by atoms with Gasteiger partial charge >= 0.3 is 5.97 Å². The topological polar surface area (TPSA) is 88.4 Å². The minimum Gasteiger partial charge on any atom is -0.478 e. The second-order valence-electron chi connectivity index (χ2n) is 4.84. The van der Waals surface area contributed by atoms with Crippen LogP contribution in [-0.4, -0.2) is 21.6 Å². The summed E-state index contributed by atoms with van der Waals surface area (Å²) in [6, 6.07) is 5.01. The molecule has 0 aliphatic heterocycles. The van der Waals surface area contributed by atoms with Gasteiger partial charge in [0.05, 0.1) is 5.56 Å². The van der Waals surface area contributed by atoms with Crippen LogP contribution in [0.3, 0.4) is 0 Å². The van der Waals surface area contributed by atoms with E-state index in [0.717, 1.165) is 16.7 Å². The molecule has 8 heteroatoms. The maximum Gasteiger partial charge on any atom is 0.339 e. The van der Waals surface area contributed by atoms with Gasteiger partial charge in [-0.05, 0) is 31.2 Å². The first-order valence-corrected chi connectivity index (χ1v) is 7.22. The van der Waals surface area contributed by atoms with Crippen LogP contribution in [0, 0.1) is 12.7 Å². The molecule has 0 unspecified atom stereocenters. The third kappa shape index (κ3) is 3.31. The van der Waals surface area contributed by atoms with Gasteiger partial charge in [0.25, 0.3) is 11.5 Å². The molecule has 0 aliphatic carbocycles. The fourth-order valence-electron chi connectivity index (χ4n) is 2.06. The number of carboxylic acid groups (broad SMARTS) is 1. The van der Waals surface area contributed by atoms with Gasteiger partial charge < -0.3 is 10.4 Å². The van der Waals surface area contributed by atoms with Gasteiger partial charge in [-0.25, -0.2) is 9.18 Å². The molecule has 0 atom stereocenters. The Hall–Kier alpha value is -2.48. The summed E-state index contributed by atoms with van der Waals surface area (Å²) in [5.74, 6) is -3.14. The smallest absolute Gasteiger partial charge is 0.339 e. The van der Waals surface area contributed by atoms with Crippen LogP contribution < -0.4 is 10.9 Å². The molecule has 0 fully saturated rings. The lowest BCUT2D eigenvalue weighted by Crippen LogP contribution is -2.28. The average Bonchev–Trinajstić information content (AvgIpc) is 2.47. The van der Waals surface area contributed by atoms with E-state index in [1.165, 1.54) is 26.1 Å². The number of rotatable bonds is 3. The summed E-state index contributed by atoms with van der Waals surface area (Å²) < 4.78 is 15.3. The lowest BCUT2D eigenvalue weighted by molar-refractivity contribution is 0.0697. The van der Waals surface area contributed by atoms with Crippen LogP contribution in [-0.2, 0) is 7.05 Å². The van der Waals surface area contributed by atoms with Gasteiger partial charge in [-0.15, -0.1) is 0 Å². The molecule has 1 aromatic heterocycles. The number of pyridine rings is 1. The van der Waals surface area contributed by atoms with Crippen LogP contribution in [0.25, 0.3) is 0 Å². The van der Waals surface area contributed by atoms with E-state index in [1.807, 2.05) is 0 Å². The predicted octanol–water partition coefficient (Wildman–Crippen LogP) is 2.55. The largest absolute Gasteiger partial charge is 0.478 e. The Morgan fingerprint density at radius 3 is 2.48 bits per heavy atom. The highest BCUT2D eigenvalue weighted by Crippen LogP contribution is 2.19. The van der Waals surface area contributed by atoms with E-state index in [-0.39, 0.29) is 22.5 Å². The van der Waals surface area contributed by atoms with Crippen molar-refractivity contribution in [1.29, 1.82) is 0 Å². The molecule has 2 aromatic rings. The fraction of sp³-hybridized carbons (Fsp3) is 0.133. The van der Waals surface area contributed by atoms with Crippen LogP contribution in [0.15, 0.2) is 33.5 Å². The Morgan fingerprint density at radius 1 is 1.26 bits per heavy atom. The number of aromatic nitrogens is 1. The molecular weight excluding hydrogens is 371 g/mol. The van der Waals surface area contributed by atoms with E-state index in [4.69, 9.17) is 0 Å². The summed E-state index contributed by atoms with van der Waals surface area (Å²) in [5, 5.41) is 11.5. The Labute approximate surface area is 138 Å². The molecule has 0 bridgehead atoms. The van der Waals surface area contributed by atoms with Crippen LogP contribution >= 0.6 is 15.9 Å². The van der Waals surface area contributed by atoms with Gasteiger partial charge in [0.2, 0.25) is 0 Å². The Morgan fingerprint density at radius 2 is 1.91 bits per heavy atom. The van der Waals surface area contributed by atoms with Crippen molar-refractivity contribution in [3.05, 3.63) is 61.6 Å². The van der Waals surface area contributed by atoms with Crippen molar-refractivity contribution in [3.63, 3.8) is 0 Å². The van der Waals surface area contributed by atoms with Crippen LogP contribution in [0.5, 0.6) is 0 Å². The molecule has 0 spiro atoms. The SMILES string of the molecule is Cc1cc(C(=O)O)c(NC(=O)c2ccc(Br)cc2F)n(C)c1=O. The first-order valence-electron chi connectivity index (χ1n) is 6.42. The molecule has 1 aromatic carbocycles. The van der Waals surface area contributed by atoms with Crippen molar-refractivity contribution in [2.75, 3.05) is 5.32 Å². The molecular formula is C15H12BrFN2O4. The van der Waals surface area contributed by atoms with E-state index in [0.29, 0.717) is 4.47 Å². The zero-order valence-corrected chi connectivity index (χ0v) is 13.8. The number of carbonyl (C=O) groups is 2. The van der Waals surface area contributed by atoms with Crippen molar-refractivity contribution in [2.24, 2.45) is 7.05 Å². The van der Waals surface area contributed by atoms with E-state index >= 15 is 0 Å². The van der Waals surface area contributed by atoms with Gasteiger partial charge in [-0.2, -0.15) is 0 Å². The highest BCUT2D eigenvalue weighted by molar-refractivity contribution is 9.10. The van der Waals surface area contributed by atoms with E-state index in [2.05, 4.69) is 21.2 Å². The second-order valence-corrected chi connectivity index (χ2v) is 5.75. The zero-order valence-electron chi connectivity index (χ0n) is 12.2. The number of hydrogen-bond acceptors (Lipinski definition) is 3. The first kappa shape index (κ1) is 16.9. The van der Waals surface area contributed by atoms with Crippen LogP contribution in [0.4, 0.5) is 10.2 Å². The number of nitrogens with one attached hydrogen (secondary N) is 1. The summed E-state index contributed by atoms with van der Waals surface area (Å²) in [6.45, 7) is 1.47. The highest BCUT2D eigenvalue weighted by Gasteiger charge is 2.20. The number of aryl methyl sites for hydroxylation is 1. The summed E-state index contributed by atoms with van der Waals surface area (Å²) >= 11 is 3.08. The van der Waals surface area contributed by atoms with Gasteiger partial charge in [0.1, 0.15) is 17.2 Å². The Balaban J connectivity index is 2.51. The molecule has 2 N–H and O–H groups in total. The number of hydrogen-bond donors (Lipinski definition) is 2. The molecule has 0 aliphatic rings. The monoisotopic (exact) mass is 382 g/mol. The van der Waals surface area contributed by atoms with Gasteiger partial charge in [0.15, 0.2) is 0 Å². The van der Waals surface area contributed by atoms with Gasteiger partial charge in [-0.1, -0.05) is 15.9 Å². The van der Waals surface area contributed by atoms with Gasteiger partial charge in [-0.3, -0.25) is 14.2 Å². The number of aromatic carboxylic acids is 1. The van der Waals surface area contributed by atoms with E-state index in [9.17, 15) is 23.9 Å². The fourth-order valence-corrected chi connectivity index (χ4v) is 2.39. The first-order chi connectivity index (χ1) is 10.7. The van der Waals surface area contributed by atoms with Crippen LogP contribution in [0.1, 0.15) is 26.3 Å². The quantitative estimate of drug-likeness (QED) is 0.853. The third-order valence-electron chi connectivity index (χ3n) is 3.23. The molecule has 6 nitrogen and oxygen atoms in total. The predicted molar refractivity (Wildman–Crippen MR) is 85.4 cm³/mol. The van der Waals surface area contributed by atoms with Crippen LogP contribution in [0.2, 0.25) is 0 Å². The number of amides is 1. The third-order valence-corrected chi connectivity index (χ3v) is 3.72. The maximum atomic E-state index is 13.8. The number of benzene rings is 1. The van der Waals surface area contributed by atoms with Crippen molar-refractivity contribution in [2.45, 2.75) is 6.92 Å². The summed E-state index contributed by atoms with van der Waals surface area (Å²) in [7, 11) is 1.33. The van der Waals surface area contributed by atoms with E-state index in [1.54, 1.807) is 0 Å². The second kappa shape index (κ2) is 6.33. The van der Waals surface area contributed by atoms with E-state index < -0.39 is 23.3 Å². The number of anilines is 1. The molecule has 120 valence electrons. The minimum atomic E-state index is -1.31. The Kier molecular flexibility index (Phi) is 4.65. The Bertz CT molecular complexity index is 877. The molecule has 0 saturated carbocycles. The molecule has 2 rings (SSSR count). The van der Waals surface area contributed by atoms with Crippen molar-refractivity contribution in [1.82, 2.24) is 4.57 Å². The summed E-state index contributed by atoms with van der Waals surface area (Å²) in [4.78, 5) is 35.4. The van der Waals surface area contributed by atoms with Gasteiger partial charge in [0, 0.05) is 17.1 Å². The number of nitrogens with zero attached hydrogens (tertiary/aromatic N) is 1. The molecule has 0 saturated heterocycles. The number of carboxylic acids is 1. The number of carbonyl (C=O) groups excluding carboxylic acids is 1. The van der Waals surface area contributed by atoms with Crippen molar-refractivity contribution < 1.29 is 19.1 Å². The summed E-state index contributed by atoms with van der Waals surface area (Å²) in [5.41, 5.74) is -0.757. The molecule has 23 heavy (non-hydrogen) atoms. The summed E-state index contributed by atoms with van der Waals surface area (Å²) in [6.07, 6.45) is 0. The maximum absolute atomic E-state index is 13.8. The molecule has 1 amide bonds. The molecule has 1 heterocycles. The lowest BCUT2D eigenvalue weighted by atomic mass is 10.1. The minimum absolute atomic E-state index is 0.208. The zero-order chi connectivity index (χ0) is 17.3.